The molecule has 1 aromatic rings. The largest absolute Gasteiger partial charge is 0.316 e. The van der Waals surface area contributed by atoms with Crippen LogP contribution in [0.15, 0.2) is 10.9 Å². The summed E-state index contributed by atoms with van der Waals surface area (Å²) in [5.74, 6) is 0.831. The summed E-state index contributed by atoms with van der Waals surface area (Å²) in [5.41, 5.74) is 3.18. The van der Waals surface area contributed by atoms with Gasteiger partial charge in [0, 0.05) is 5.38 Å². The third-order valence-electron chi connectivity index (χ3n) is 2.14. The minimum atomic E-state index is 0.831. The fraction of sp³-hybridized carbons (Fsp3) is 0.625. The molecule has 0 bridgehead atoms. The van der Waals surface area contributed by atoms with E-state index in [1.807, 2.05) is 5.51 Å². The highest BCUT2D eigenvalue weighted by molar-refractivity contribution is 7.07. The van der Waals surface area contributed by atoms with Gasteiger partial charge in [0.25, 0.3) is 0 Å². The Bertz CT molecular complexity index is 202. The predicted octanol–water partition coefficient (Wildman–Crippen LogP) is 1.30. The standard InChI is InChI=1S/C8H12N2S/c1-2-9-4-7(1)3-8-5-11-6-10-8/h5-7,9H,1-4H2. The van der Waals surface area contributed by atoms with Crippen LogP contribution in [0.1, 0.15) is 12.1 Å². The van der Waals surface area contributed by atoms with Crippen molar-refractivity contribution >= 4 is 11.3 Å². The van der Waals surface area contributed by atoms with Gasteiger partial charge in [-0.3, -0.25) is 0 Å². The van der Waals surface area contributed by atoms with E-state index in [-0.39, 0.29) is 0 Å². The van der Waals surface area contributed by atoms with Crippen molar-refractivity contribution in [2.45, 2.75) is 12.8 Å². The van der Waals surface area contributed by atoms with Gasteiger partial charge in [0.15, 0.2) is 0 Å². The molecule has 0 aromatic carbocycles. The first-order chi connectivity index (χ1) is 5.45. The molecular formula is C8H12N2S. The highest BCUT2D eigenvalue weighted by Crippen LogP contribution is 2.14. The Labute approximate surface area is 70.7 Å². The van der Waals surface area contributed by atoms with Crippen LogP contribution in [0.2, 0.25) is 0 Å². The molecule has 11 heavy (non-hydrogen) atoms. The van der Waals surface area contributed by atoms with Gasteiger partial charge in [-0.2, -0.15) is 0 Å². The molecule has 1 N–H and O–H groups in total. The number of rotatable bonds is 2. The Kier molecular flexibility index (Phi) is 2.19. The predicted molar refractivity (Wildman–Crippen MR) is 46.8 cm³/mol. The zero-order valence-corrected chi connectivity index (χ0v) is 7.23. The van der Waals surface area contributed by atoms with Crippen molar-refractivity contribution in [1.29, 1.82) is 0 Å². The molecule has 3 heteroatoms. The third kappa shape index (κ3) is 1.79. The number of nitrogens with one attached hydrogen (secondary N) is 1. The van der Waals surface area contributed by atoms with E-state index in [4.69, 9.17) is 0 Å². The van der Waals surface area contributed by atoms with E-state index in [0.29, 0.717) is 0 Å². The van der Waals surface area contributed by atoms with Crippen molar-refractivity contribution in [2.75, 3.05) is 13.1 Å². The first kappa shape index (κ1) is 7.25. The minimum Gasteiger partial charge on any atom is -0.316 e. The molecule has 60 valence electrons. The average Bonchev–Trinajstić information content (AvgIpc) is 2.60. The van der Waals surface area contributed by atoms with E-state index in [2.05, 4.69) is 15.7 Å². The molecule has 0 spiro atoms. The summed E-state index contributed by atoms with van der Waals surface area (Å²) in [7, 11) is 0. The van der Waals surface area contributed by atoms with Crippen molar-refractivity contribution in [2.24, 2.45) is 5.92 Å². The van der Waals surface area contributed by atoms with Crippen molar-refractivity contribution in [3.63, 3.8) is 0 Å². The summed E-state index contributed by atoms with van der Waals surface area (Å²) in [5, 5.41) is 5.51. The average molecular weight is 168 g/mol. The van der Waals surface area contributed by atoms with Crippen LogP contribution in [0.3, 0.4) is 0 Å². The number of thiazole rings is 1. The molecule has 1 unspecified atom stereocenters. The van der Waals surface area contributed by atoms with Gasteiger partial charge >= 0.3 is 0 Å². The van der Waals surface area contributed by atoms with Crippen LogP contribution in [0, 0.1) is 5.92 Å². The van der Waals surface area contributed by atoms with Crippen LogP contribution < -0.4 is 5.32 Å². The summed E-state index contributed by atoms with van der Waals surface area (Å²) in [6, 6.07) is 0. The molecule has 2 nitrogen and oxygen atoms in total. The zero-order valence-electron chi connectivity index (χ0n) is 6.42. The Morgan fingerprint density at radius 2 is 2.73 bits per heavy atom. The van der Waals surface area contributed by atoms with Crippen LogP contribution in [0.25, 0.3) is 0 Å². The second-order valence-electron chi connectivity index (χ2n) is 3.04. The molecule has 2 rings (SSSR count). The Balaban J connectivity index is 1.90. The summed E-state index contributed by atoms with van der Waals surface area (Å²) >= 11 is 1.69. The number of hydrogen-bond acceptors (Lipinski definition) is 3. The maximum Gasteiger partial charge on any atom is 0.0794 e. The monoisotopic (exact) mass is 168 g/mol. The van der Waals surface area contributed by atoms with Crippen molar-refractivity contribution in [1.82, 2.24) is 10.3 Å². The second kappa shape index (κ2) is 3.32. The lowest BCUT2D eigenvalue weighted by Gasteiger charge is -2.03. The van der Waals surface area contributed by atoms with E-state index in [1.54, 1.807) is 11.3 Å². The second-order valence-corrected chi connectivity index (χ2v) is 3.76. The molecule has 1 aliphatic rings. The minimum absolute atomic E-state index is 0.831. The summed E-state index contributed by atoms with van der Waals surface area (Å²) in [6.07, 6.45) is 2.48. The zero-order chi connectivity index (χ0) is 7.52. The van der Waals surface area contributed by atoms with E-state index in [1.165, 1.54) is 25.2 Å². The lowest BCUT2D eigenvalue weighted by molar-refractivity contribution is 0.573. The van der Waals surface area contributed by atoms with Gasteiger partial charge in [-0.15, -0.1) is 11.3 Å². The summed E-state index contributed by atoms with van der Waals surface area (Å²) < 4.78 is 0. The number of hydrogen-bond donors (Lipinski definition) is 1. The maximum absolute atomic E-state index is 4.27. The van der Waals surface area contributed by atoms with Crippen LogP contribution in [0.4, 0.5) is 0 Å². The van der Waals surface area contributed by atoms with Gasteiger partial charge in [0.1, 0.15) is 0 Å². The van der Waals surface area contributed by atoms with E-state index < -0.39 is 0 Å². The van der Waals surface area contributed by atoms with E-state index >= 15 is 0 Å². The molecule has 1 saturated heterocycles. The third-order valence-corrected chi connectivity index (χ3v) is 2.78. The fourth-order valence-corrected chi connectivity index (χ4v) is 2.09. The fourth-order valence-electron chi connectivity index (χ4n) is 1.52. The lowest BCUT2D eigenvalue weighted by atomic mass is 10.0. The van der Waals surface area contributed by atoms with Crippen LogP contribution in [-0.2, 0) is 6.42 Å². The quantitative estimate of drug-likeness (QED) is 0.720. The SMILES string of the molecule is c1nc(CC2CCNC2)cs1. The van der Waals surface area contributed by atoms with E-state index in [9.17, 15) is 0 Å². The Morgan fingerprint density at radius 3 is 3.36 bits per heavy atom. The number of aromatic nitrogens is 1. The molecule has 1 aliphatic heterocycles. The molecule has 1 aromatic heterocycles. The van der Waals surface area contributed by atoms with Gasteiger partial charge < -0.3 is 5.32 Å². The summed E-state index contributed by atoms with van der Waals surface area (Å²) in [6.45, 7) is 2.37. The van der Waals surface area contributed by atoms with Gasteiger partial charge in [-0.05, 0) is 31.8 Å². The van der Waals surface area contributed by atoms with Crippen LogP contribution in [0.5, 0.6) is 0 Å². The maximum atomic E-state index is 4.27. The lowest BCUT2D eigenvalue weighted by Crippen LogP contribution is -2.10. The Morgan fingerprint density at radius 1 is 1.73 bits per heavy atom. The highest BCUT2D eigenvalue weighted by atomic mass is 32.1. The van der Waals surface area contributed by atoms with Gasteiger partial charge in [-0.1, -0.05) is 0 Å². The first-order valence-electron chi connectivity index (χ1n) is 4.03. The first-order valence-corrected chi connectivity index (χ1v) is 4.97. The Hall–Kier alpha value is -0.410. The smallest absolute Gasteiger partial charge is 0.0794 e. The van der Waals surface area contributed by atoms with Gasteiger partial charge in [-0.25, -0.2) is 4.98 Å². The molecule has 0 saturated carbocycles. The van der Waals surface area contributed by atoms with Crippen LogP contribution >= 0.6 is 11.3 Å². The molecule has 1 atom stereocenters. The van der Waals surface area contributed by atoms with Gasteiger partial charge in [0.2, 0.25) is 0 Å². The molecule has 1 fully saturated rings. The molecular weight excluding hydrogens is 156 g/mol. The molecule has 0 radical (unpaired) electrons. The highest BCUT2D eigenvalue weighted by Gasteiger charge is 2.15. The van der Waals surface area contributed by atoms with Crippen molar-refractivity contribution < 1.29 is 0 Å². The topological polar surface area (TPSA) is 24.9 Å². The van der Waals surface area contributed by atoms with Crippen molar-refractivity contribution in [3.8, 4) is 0 Å². The molecule has 2 heterocycles. The normalized spacial score (nSPS) is 24.2. The molecule has 0 amide bonds. The van der Waals surface area contributed by atoms with Crippen LogP contribution in [-0.4, -0.2) is 18.1 Å². The van der Waals surface area contributed by atoms with E-state index in [0.717, 1.165) is 12.3 Å². The van der Waals surface area contributed by atoms with Crippen molar-refractivity contribution in [3.05, 3.63) is 16.6 Å². The molecule has 0 aliphatic carbocycles. The number of nitrogens with zero attached hydrogens (tertiary/aromatic N) is 1. The summed E-state index contributed by atoms with van der Waals surface area (Å²) in [4.78, 5) is 4.27. The van der Waals surface area contributed by atoms with Gasteiger partial charge in [0.05, 0.1) is 11.2 Å².